The minimum Gasteiger partial charge on any atom is -0.507 e. The maximum Gasteiger partial charge on any atom is 0.302 e. The van der Waals surface area contributed by atoms with Crippen LogP contribution in [0.25, 0.3) is 16.0 Å². The molecular weight excluding hydrogens is 476 g/mol. The van der Waals surface area contributed by atoms with E-state index in [1.807, 2.05) is 6.92 Å². The molecule has 5 rings (SSSR count). The molecule has 1 amide bonds. The number of hydrogen-bond donors (Lipinski definition) is 1. The van der Waals surface area contributed by atoms with Gasteiger partial charge in [0.1, 0.15) is 29.1 Å². The number of anilines is 1. The first kappa shape index (κ1) is 22.2. The number of amides is 1. The van der Waals surface area contributed by atoms with Gasteiger partial charge in [0.05, 0.1) is 22.4 Å². The van der Waals surface area contributed by atoms with Crippen molar-refractivity contribution in [1.29, 1.82) is 0 Å². The molecule has 1 N–H and O–H groups in total. The Morgan fingerprint density at radius 3 is 2.62 bits per heavy atom. The third-order valence-electron chi connectivity index (χ3n) is 5.46. The Labute approximate surface area is 203 Å². The van der Waals surface area contributed by atoms with Crippen molar-refractivity contribution >= 4 is 55.7 Å². The number of aromatic nitrogens is 1. The Kier molecular flexibility index (Phi) is 5.63. The van der Waals surface area contributed by atoms with Crippen LogP contribution in [0, 0.1) is 6.92 Å². The van der Waals surface area contributed by atoms with E-state index in [0.717, 1.165) is 4.70 Å². The van der Waals surface area contributed by atoms with Gasteiger partial charge in [-0.2, -0.15) is 0 Å². The smallest absolute Gasteiger partial charge is 0.302 e. The largest absolute Gasteiger partial charge is 0.507 e. The van der Waals surface area contributed by atoms with E-state index >= 15 is 0 Å². The molecule has 2 aromatic heterocycles. The molecule has 0 spiro atoms. The first-order valence-electron chi connectivity index (χ1n) is 10.5. The summed E-state index contributed by atoms with van der Waals surface area (Å²) in [5.41, 5.74) is 0.957. The summed E-state index contributed by atoms with van der Waals surface area (Å²) >= 11 is 7.34. The quantitative estimate of drug-likeness (QED) is 0.212. The van der Waals surface area contributed by atoms with Crippen molar-refractivity contribution in [2.75, 3.05) is 11.5 Å². The summed E-state index contributed by atoms with van der Waals surface area (Å²) in [6.45, 7) is 4.14. The molecule has 0 aliphatic carbocycles. The first-order valence-corrected chi connectivity index (χ1v) is 11.7. The summed E-state index contributed by atoms with van der Waals surface area (Å²) in [4.78, 5) is 32.3. The Morgan fingerprint density at radius 1 is 1.18 bits per heavy atom. The number of ether oxygens (including phenoxy) is 1. The van der Waals surface area contributed by atoms with Crippen molar-refractivity contribution in [3.05, 3.63) is 82.3 Å². The molecule has 4 aromatic rings. The normalized spacial score (nSPS) is 17.6. The molecule has 1 aliphatic heterocycles. The monoisotopic (exact) mass is 494 g/mol. The van der Waals surface area contributed by atoms with Crippen LogP contribution in [-0.4, -0.2) is 28.4 Å². The highest BCUT2D eigenvalue weighted by Crippen LogP contribution is 2.45. The number of aryl methyl sites for hydroxylation is 1. The molecule has 3 heterocycles. The van der Waals surface area contributed by atoms with Crippen LogP contribution in [0.4, 0.5) is 5.13 Å². The summed E-state index contributed by atoms with van der Waals surface area (Å²) in [6, 6.07) is 14.3. The molecule has 0 radical (unpaired) electrons. The summed E-state index contributed by atoms with van der Waals surface area (Å²) < 4.78 is 12.0. The fourth-order valence-corrected chi connectivity index (χ4v) is 5.19. The van der Waals surface area contributed by atoms with Crippen LogP contribution in [-0.2, 0) is 9.59 Å². The number of hydrogen-bond acceptors (Lipinski definition) is 7. The van der Waals surface area contributed by atoms with E-state index in [4.69, 9.17) is 20.8 Å². The average molecular weight is 495 g/mol. The lowest BCUT2D eigenvalue weighted by Gasteiger charge is -2.20. The van der Waals surface area contributed by atoms with E-state index in [1.165, 1.54) is 16.2 Å². The molecule has 1 aliphatic rings. The van der Waals surface area contributed by atoms with Crippen molar-refractivity contribution in [3.63, 3.8) is 0 Å². The minimum atomic E-state index is -0.976. The molecule has 1 unspecified atom stereocenters. The minimum absolute atomic E-state index is 0.0687. The zero-order chi connectivity index (χ0) is 24.0. The second-order valence-corrected chi connectivity index (χ2v) is 9.13. The van der Waals surface area contributed by atoms with Crippen molar-refractivity contribution in [2.45, 2.75) is 19.9 Å². The van der Waals surface area contributed by atoms with E-state index in [-0.39, 0.29) is 11.3 Å². The summed E-state index contributed by atoms with van der Waals surface area (Å²) in [5.74, 6) is -0.323. The van der Waals surface area contributed by atoms with E-state index in [2.05, 4.69) is 4.98 Å². The lowest BCUT2D eigenvalue weighted by Crippen LogP contribution is -2.29. The number of aliphatic hydroxyl groups excluding tert-OH is 1. The predicted octanol–water partition coefficient (Wildman–Crippen LogP) is 5.88. The van der Waals surface area contributed by atoms with E-state index < -0.39 is 17.7 Å². The molecule has 1 saturated heterocycles. The van der Waals surface area contributed by atoms with Crippen LogP contribution in [0.5, 0.6) is 5.75 Å². The topological polar surface area (TPSA) is 92.9 Å². The number of carbonyl (C=O) groups excluding carboxylic acids is 2. The fourth-order valence-electron chi connectivity index (χ4n) is 3.92. The predicted molar refractivity (Wildman–Crippen MR) is 130 cm³/mol. The number of nitrogens with zero attached hydrogens (tertiary/aromatic N) is 2. The fraction of sp³-hybridized carbons (Fsp3) is 0.160. The van der Waals surface area contributed by atoms with Crippen molar-refractivity contribution in [2.24, 2.45) is 0 Å². The van der Waals surface area contributed by atoms with Gasteiger partial charge in [-0.3, -0.25) is 14.5 Å². The molecule has 34 heavy (non-hydrogen) atoms. The number of rotatable bonds is 5. The molecule has 9 heteroatoms. The number of furan rings is 1. The SMILES string of the molecule is CCOc1ccc(/C(O)=C2\C(=O)C(=O)N(c3nc4ccc(Cl)cc4s3)C2c2ccc(C)o2)cc1. The lowest BCUT2D eigenvalue weighted by molar-refractivity contribution is -0.132. The molecule has 172 valence electrons. The van der Waals surface area contributed by atoms with Crippen LogP contribution in [0.15, 0.2) is 64.6 Å². The molecule has 0 bridgehead atoms. The number of fused-ring (bicyclic) bond motifs is 1. The van der Waals surface area contributed by atoms with Gasteiger partial charge < -0.3 is 14.3 Å². The number of aliphatic hydroxyl groups is 1. The van der Waals surface area contributed by atoms with Gasteiger partial charge in [0.25, 0.3) is 5.78 Å². The van der Waals surface area contributed by atoms with Gasteiger partial charge >= 0.3 is 5.91 Å². The van der Waals surface area contributed by atoms with Gasteiger partial charge in [-0.1, -0.05) is 22.9 Å². The second-order valence-electron chi connectivity index (χ2n) is 7.68. The first-order chi connectivity index (χ1) is 16.4. The number of Topliss-reactive ketones (excluding diaryl/α,β-unsaturated/α-hetero) is 1. The Hall–Kier alpha value is -3.62. The van der Waals surface area contributed by atoms with Gasteiger partial charge in [-0.15, -0.1) is 0 Å². The van der Waals surface area contributed by atoms with Gasteiger partial charge in [0.15, 0.2) is 5.13 Å². The maximum absolute atomic E-state index is 13.2. The average Bonchev–Trinajstić information content (AvgIpc) is 3.50. The van der Waals surface area contributed by atoms with Crippen LogP contribution in [0.1, 0.15) is 30.0 Å². The van der Waals surface area contributed by atoms with Crippen LogP contribution < -0.4 is 9.64 Å². The highest BCUT2D eigenvalue weighted by Gasteiger charge is 2.49. The second kappa shape index (κ2) is 8.62. The molecular formula is C25H19ClN2O5S. The molecule has 1 fully saturated rings. The summed E-state index contributed by atoms with van der Waals surface area (Å²) in [6.07, 6.45) is 0. The zero-order valence-corrected chi connectivity index (χ0v) is 19.8. The molecule has 7 nitrogen and oxygen atoms in total. The van der Waals surface area contributed by atoms with Crippen molar-refractivity contribution in [3.8, 4) is 5.75 Å². The summed E-state index contributed by atoms with van der Waals surface area (Å²) in [7, 11) is 0. The van der Waals surface area contributed by atoms with Crippen molar-refractivity contribution in [1.82, 2.24) is 4.98 Å². The van der Waals surface area contributed by atoms with E-state index in [9.17, 15) is 14.7 Å². The molecule has 0 saturated carbocycles. The number of halogens is 1. The molecule has 2 aromatic carbocycles. The molecule has 1 atom stereocenters. The Balaban J connectivity index is 1.67. The van der Waals surface area contributed by atoms with Gasteiger partial charge in [-0.25, -0.2) is 4.98 Å². The van der Waals surface area contributed by atoms with Crippen molar-refractivity contribution < 1.29 is 23.8 Å². The number of ketones is 1. The highest BCUT2D eigenvalue weighted by molar-refractivity contribution is 7.22. The third kappa shape index (κ3) is 3.74. The summed E-state index contributed by atoms with van der Waals surface area (Å²) in [5, 5.41) is 12.0. The van der Waals surface area contributed by atoms with Crippen LogP contribution in [0.3, 0.4) is 0 Å². The van der Waals surface area contributed by atoms with Gasteiger partial charge in [0.2, 0.25) is 0 Å². The highest BCUT2D eigenvalue weighted by atomic mass is 35.5. The maximum atomic E-state index is 13.2. The third-order valence-corrected chi connectivity index (χ3v) is 6.71. The van der Waals surface area contributed by atoms with Gasteiger partial charge in [0, 0.05) is 10.6 Å². The van der Waals surface area contributed by atoms with E-state index in [0.29, 0.717) is 45.1 Å². The van der Waals surface area contributed by atoms with Crippen LogP contribution in [0.2, 0.25) is 5.02 Å². The Bertz CT molecular complexity index is 1450. The van der Waals surface area contributed by atoms with Gasteiger partial charge in [-0.05, 0) is 68.4 Å². The standard InChI is InChI=1S/C25H19ClN2O5S/c1-3-32-16-8-5-14(6-9-16)22(29)20-21(18-11-4-13(2)33-18)28(24(31)23(20)30)25-27-17-10-7-15(26)12-19(17)34-25/h4-12,21,29H,3H2,1-2H3/b22-20+. The zero-order valence-electron chi connectivity index (χ0n) is 18.2. The van der Waals surface area contributed by atoms with Crippen LogP contribution >= 0.6 is 22.9 Å². The number of thiazole rings is 1. The number of benzene rings is 2. The Morgan fingerprint density at radius 2 is 1.94 bits per heavy atom. The van der Waals surface area contributed by atoms with E-state index in [1.54, 1.807) is 61.5 Å². The number of carbonyl (C=O) groups is 2. The lowest BCUT2D eigenvalue weighted by atomic mass is 9.99.